The van der Waals surface area contributed by atoms with Gasteiger partial charge in [-0.15, -0.1) is 11.8 Å². The van der Waals surface area contributed by atoms with E-state index in [0.29, 0.717) is 6.61 Å². The molecule has 8 heteroatoms. The summed E-state index contributed by atoms with van der Waals surface area (Å²) in [6, 6.07) is 13.5. The van der Waals surface area contributed by atoms with Crippen molar-refractivity contribution in [2.45, 2.75) is 46.0 Å². The fourth-order valence-corrected chi connectivity index (χ4v) is 3.89. The SMILES string of the molecule is CC/C=C(/C=C\N=C(C)SC)COc1ccc(C(C)(C)c2cc(Cl)c(OCCC(=O)O)c(C#N)c2)cc1. The Balaban J connectivity index is 2.18. The molecule has 0 unspecified atom stereocenters. The summed E-state index contributed by atoms with van der Waals surface area (Å²) in [5.74, 6) is -0.0334. The predicted molar refractivity (Wildman–Crippen MR) is 152 cm³/mol. The molecule has 0 radical (unpaired) electrons. The number of nitriles is 1. The normalized spacial score (nSPS) is 12.5. The number of thioether (sulfide) groups is 1. The van der Waals surface area contributed by atoms with Crippen LogP contribution in [0.5, 0.6) is 11.5 Å². The number of carbonyl (C=O) groups is 1. The van der Waals surface area contributed by atoms with Crippen LogP contribution in [-0.4, -0.2) is 35.6 Å². The molecule has 37 heavy (non-hydrogen) atoms. The Morgan fingerprint density at radius 2 is 1.92 bits per heavy atom. The number of hydrogen-bond acceptors (Lipinski definition) is 6. The summed E-state index contributed by atoms with van der Waals surface area (Å²) in [5.41, 5.74) is 2.71. The molecule has 0 aromatic heterocycles. The summed E-state index contributed by atoms with van der Waals surface area (Å²) in [4.78, 5) is 15.1. The predicted octanol–water partition coefficient (Wildman–Crippen LogP) is 7.40. The van der Waals surface area contributed by atoms with Gasteiger partial charge in [0.15, 0.2) is 5.75 Å². The summed E-state index contributed by atoms with van der Waals surface area (Å²) in [7, 11) is 0. The van der Waals surface area contributed by atoms with E-state index in [2.05, 4.69) is 24.1 Å². The van der Waals surface area contributed by atoms with Gasteiger partial charge in [-0.05, 0) is 66.6 Å². The highest BCUT2D eigenvalue weighted by Gasteiger charge is 2.26. The van der Waals surface area contributed by atoms with E-state index in [9.17, 15) is 10.1 Å². The van der Waals surface area contributed by atoms with Crippen molar-refractivity contribution in [2.75, 3.05) is 19.5 Å². The minimum absolute atomic E-state index is 0.0659. The molecule has 0 aliphatic rings. The maximum Gasteiger partial charge on any atom is 0.306 e. The van der Waals surface area contributed by atoms with Crippen LogP contribution in [0.15, 0.2) is 65.3 Å². The minimum atomic E-state index is -0.982. The van der Waals surface area contributed by atoms with Crippen molar-refractivity contribution in [3.05, 3.63) is 82.0 Å². The second-order valence-electron chi connectivity index (χ2n) is 8.73. The van der Waals surface area contributed by atoms with Gasteiger partial charge in [0.1, 0.15) is 18.4 Å². The fraction of sp³-hybridized carbons (Fsp3) is 0.345. The van der Waals surface area contributed by atoms with Gasteiger partial charge in [-0.2, -0.15) is 5.26 Å². The van der Waals surface area contributed by atoms with Crippen molar-refractivity contribution in [3.8, 4) is 17.6 Å². The Bertz CT molecular complexity index is 1210. The molecule has 0 heterocycles. The Labute approximate surface area is 228 Å². The third-order valence-electron chi connectivity index (χ3n) is 5.74. The summed E-state index contributed by atoms with van der Waals surface area (Å²) in [6.45, 7) is 8.52. The van der Waals surface area contributed by atoms with E-state index in [-0.39, 0.29) is 29.4 Å². The highest BCUT2D eigenvalue weighted by atomic mass is 35.5. The summed E-state index contributed by atoms with van der Waals surface area (Å²) >= 11 is 8.05. The van der Waals surface area contributed by atoms with Gasteiger partial charge >= 0.3 is 5.97 Å². The Kier molecular flexibility index (Phi) is 11.8. The molecule has 2 aromatic carbocycles. The number of nitrogens with zero attached hydrogens (tertiary/aromatic N) is 2. The number of carboxylic acid groups (broad SMARTS) is 1. The molecular weight excluding hydrogens is 508 g/mol. The van der Waals surface area contributed by atoms with Crippen LogP contribution in [0, 0.1) is 11.3 Å². The van der Waals surface area contributed by atoms with E-state index >= 15 is 0 Å². The summed E-state index contributed by atoms with van der Waals surface area (Å²) < 4.78 is 11.5. The lowest BCUT2D eigenvalue weighted by Gasteiger charge is -2.27. The Hall–Kier alpha value is -3.21. The van der Waals surface area contributed by atoms with Crippen molar-refractivity contribution < 1.29 is 19.4 Å². The number of halogens is 1. The number of aliphatic carboxylic acids is 1. The molecule has 2 aromatic rings. The third-order valence-corrected chi connectivity index (χ3v) is 6.71. The van der Waals surface area contributed by atoms with Crippen LogP contribution < -0.4 is 9.47 Å². The number of carboxylic acids is 1. The molecule has 0 aliphatic heterocycles. The summed E-state index contributed by atoms with van der Waals surface area (Å²) in [5, 5.41) is 19.7. The molecule has 0 saturated heterocycles. The van der Waals surface area contributed by atoms with Gasteiger partial charge in [0.2, 0.25) is 0 Å². The monoisotopic (exact) mass is 540 g/mol. The lowest BCUT2D eigenvalue weighted by Crippen LogP contribution is -2.19. The Morgan fingerprint density at radius 3 is 2.51 bits per heavy atom. The number of allylic oxidation sites excluding steroid dienone is 1. The first-order valence-electron chi connectivity index (χ1n) is 11.9. The lowest BCUT2D eigenvalue weighted by molar-refractivity contribution is -0.137. The molecule has 196 valence electrons. The van der Waals surface area contributed by atoms with Gasteiger partial charge in [0.25, 0.3) is 0 Å². The minimum Gasteiger partial charge on any atom is -0.490 e. The molecule has 0 atom stereocenters. The highest BCUT2D eigenvalue weighted by molar-refractivity contribution is 8.13. The van der Waals surface area contributed by atoms with E-state index < -0.39 is 11.4 Å². The number of ether oxygens (including phenoxy) is 2. The number of aliphatic imine (C=N–C) groups is 1. The van der Waals surface area contributed by atoms with Gasteiger partial charge in [0.05, 0.1) is 28.7 Å². The maximum atomic E-state index is 10.8. The number of rotatable bonds is 12. The van der Waals surface area contributed by atoms with Crippen LogP contribution in [0.1, 0.15) is 57.2 Å². The largest absolute Gasteiger partial charge is 0.490 e. The highest BCUT2D eigenvalue weighted by Crippen LogP contribution is 2.38. The van der Waals surface area contributed by atoms with Crippen molar-refractivity contribution in [2.24, 2.45) is 4.99 Å². The van der Waals surface area contributed by atoms with Gasteiger partial charge in [-0.1, -0.05) is 50.6 Å². The first kappa shape index (κ1) is 30.0. The standard InChI is InChI=1S/C29H33ClN2O4S/c1-6-7-21(12-14-32-20(2)37-5)19-36-25-10-8-23(9-11-25)29(3,4)24-16-22(18-31)28(26(30)17-24)35-15-13-27(33)34/h7-12,14,16-17H,6,13,15,19H2,1-5H3,(H,33,34)/b14-12-,21-7-,32-20?. The summed E-state index contributed by atoms with van der Waals surface area (Å²) in [6.07, 6.45) is 8.59. The van der Waals surface area contributed by atoms with Crippen LogP contribution >= 0.6 is 23.4 Å². The zero-order valence-corrected chi connectivity index (χ0v) is 23.4. The van der Waals surface area contributed by atoms with E-state index in [1.165, 1.54) is 0 Å². The van der Waals surface area contributed by atoms with E-state index in [1.807, 2.05) is 57.4 Å². The topological polar surface area (TPSA) is 91.9 Å². The van der Waals surface area contributed by atoms with E-state index in [4.69, 9.17) is 26.2 Å². The smallest absolute Gasteiger partial charge is 0.306 e. The molecule has 0 fully saturated rings. The molecule has 0 aliphatic carbocycles. The van der Waals surface area contributed by atoms with Gasteiger partial charge < -0.3 is 14.6 Å². The molecular formula is C29H33ClN2O4S. The van der Waals surface area contributed by atoms with Crippen LogP contribution in [0.2, 0.25) is 5.02 Å². The molecule has 0 amide bonds. The molecule has 0 spiro atoms. The zero-order valence-electron chi connectivity index (χ0n) is 21.9. The maximum absolute atomic E-state index is 10.8. The van der Waals surface area contributed by atoms with Crippen LogP contribution in [0.4, 0.5) is 0 Å². The third kappa shape index (κ3) is 8.99. The van der Waals surface area contributed by atoms with Crippen LogP contribution in [0.25, 0.3) is 0 Å². The van der Waals surface area contributed by atoms with Crippen molar-refractivity contribution in [3.63, 3.8) is 0 Å². The van der Waals surface area contributed by atoms with E-state index in [1.54, 1.807) is 30.1 Å². The number of hydrogen-bond donors (Lipinski definition) is 1. The van der Waals surface area contributed by atoms with E-state index in [0.717, 1.165) is 33.9 Å². The Morgan fingerprint density at radius 1 is 1.22 bits per heavy atom. The van der Waals surface area contributed by atoms with Gasteiger partial charge in [-0.25, -0.2) is 0 Å². The molecule has 6 nitrogen and oxygen atoms in total. The first-order chi connectivity index (χ1) is 17.6. The second kappa shape index (κ2) is 14.5. The lowest BCUT2D eigenvalue weighted by atomic mass is 9.77. The molecule has 2 rings (SSSR count). The zero-order chi connectivity index (χ0) is 27.4. The van der Waals surface area contributed by atoms with Gasteiger partial charge in [-0.3, -0.25) is 9.79 Å². The quantitative estimate of drug-likeness (QED) is 0.171. The van der Waals surface area contributed by atoms with Crippen LogP contribution in [-0.2, 0) is 10.2 Å². The average molecular weight is 541 g/mol. The van der Waals surface area contributed by atoms with Crippen LogP contribution in [0.3, 0.4) is 0 Å². The molecule has 0 saturated carbocycles. The average Bonchev–Trinajstić information content (AvgIpc) is 2.87. The number of benzene rings is 2. The second-order valence-corrected chi connectivity index (χ2v) is 10.1. The molecule has 1 N–H and O–H groups in total. The van der Waals surface area contributed by atoms with Crippen molar-refractivity contribution >= 4 is 34.4 Å². The van der Waals surface area contributed by atoms with Crippen molar-refractivity contribution in [1.29, 1.82) is 5.26 Å². The first-order valence-corrected chi connectivity index (χ1v) is 13.5. The molecule has 0 bridgehead atoms. The fourth-order valence-electron chi connectivity index (χ4n) is 3.45. The van der Waals surface area contributed by atoms with Crippen molar-refractivity contribution in [1.82, 2.24) is 0 Å². The van der Waals surface area contributed by atoms with Gasteiger partial charge in [0, 0.05) is 11.6 Å².